The average Bonchev–Trinajstić information content (AvgIpc) is 2.97. The van der Waals surface area contributed by atoms with E-state index in [9.17, 15) is 4.79 Å². The SMILES string of the molecule is CCCN(CC(=O)N1CCCC1c1cccs1)CC1CC1. The summed E-state index contributed by atoms with van der Waals surface area (Å²) in [5.41, 5.74) is 0. The number of carbonyl (C=O) groups excluding carboxylic acids is 1. The first-order valence-corrected chi connectivity index (χ1v) is 9.21. The van der Waals surface area contributed by atoms with Gasteiger partial charge in [-0.15, -0.1) is 11.3 Å². The van der Waals surface area contributed by atoms with Gasteiger partial charge in [0.05, 0.1) is 12.6 Å². The molecule has 3 rings (SSSR count). The zero-order chi connectivity index (χ0) is 14.7. The Bertz CT molecular complexity index is 455. The van der Waals surface area contributed by atoms with Crippen LogP contribution in [0.15, 0.2) is 17.5 Å². The van der Waals surface area contributed by atoms with Crippen molar-refractivity contribution >= 4 is 17.2 Å². The van der Waals surface area contributed by atoms with Crippen molar-refractivity contribution in [3.8, 4) is 0 Å². The van der Waals surface area contributed by atoms with Crippen molar-refractivity contribution < 1.29 is 4.79 Å². The third kappa shape index (κ3) is 3.86. The Kier molecular flexibility index (Phi) is 4.96. The summed E-state index contributed by atoms with van der Waals surface area (Å²) >= 11 is 1.78. The van der Waals surface area contributed by atoms with E-state index in [1.54, 1.807) is 11.3 Å². The van der Waals surface area contributed by atoms with Crippen LogP contribution in [0.1, 0.15) is 49.9 Å². The number of amides is 1. The summed E-state index contributed by atoms with van der Waals surface area (Å²) in [6.45, 7) is 5.93. The molecule has 1 aliphatic heterocycles. The summed E-state index contributed by atoms with van der Waals surface area (Å²) in [6.07, 6.45) is 6.12. The predicted octanol–water partition coefficient (Wildman–Crippen LogP) is 3.53. The Balaban J connectivity index is 1.60. The lowest BCUT2D eigenvalue weighted by Crippen LogP contribution is -2.41. The molecule has 0 spiro atoms. The maximum atomic E-state index is 12.7. The first-order valence-electron chi connectivity index (χ1n) is 8.33. The number of likely N-dealkylation sites (tertiary alicyclic amines) is 1. The maximum Gasteiger partial charge on any atom is 0.237 e. The molecule has 2 aliphatic rings. The van der Waals surface area contributed by atoms with Crippen LogP contribution in [-0.4, -0.2) is 41.9 Å². The molecule has 4 heteroatoms. The summed E-state index contributed by atoms with van der Waals surface area (Å²) in [4.78, 5) is 18.6. The van der Waals surface area contributed by atoms with Crippen molar-refractivity contribution in [1.29, 1.82) is 0 Å². The number of carbonyl (C=O) groups is 1. The van der Waals surface area contributed by atoms with Crippen LogP contribution in [0.4, 0.5) is 0 Å². The highest BCUT2D eigenvalue weighted by Gasteiger charge is 2.32. The van der Waals surface area contributed by atoms with Crippen molar-refractivity contribution in [2.24, 2.45) is 5.92 Å². The lowest BCUT2D eigenvalue weighted by atomic mass is 10.2. The quantitative estimate of drug-likeness (QED) is 0.769. The van der Waals surface area contributed by atoms with Gasteiger partial charge >= 0.3 is 0 Å². The standard InChI is InChI=1S/C17H26N2OS/c1-2-9-18(12-14-7-8-14)13-17(20)19-10-3-5-15(19)16-6-4-11-21-16/h4,6,11,14-15H,2-3,5,7-10,12-13H2,1H3. The van der Waals surface area contributed by atoms with E-state index in [2.05, 4.69) is 34.2 Å². The highest BCUT2D eigenvalue weighted by Crippen LogP contribution is 2.35. The Hall–Kier alpha value is -0.870. The molecular weight excluding hydrogens is 280 g/mol. The summed E-state index contributed by atoms with van der Waals surface area (Å²) < 4.78 is 0. The molecule has 0 N–H and O–H groups in total. The van der Waals surface area contributed by atoms with Gasteiger partial charge in [0.15, 0.2) is 0 Å². The van der Waals surface area contributed by atoms with Crippen LogP contribution in [0.2, 0.25) is 0 Å². The molecule has 0 bridgehead atoms. The van der Waals surface area contributed by atoms with Gasteiger partial charge in [0, 0.05) is 18.0 Å². The fraction of sp³-hybridized carbons (Fsp3) is 0.706. The van der Waals surface area contributed by atoms with Gasteiger partial charge in [-0.2, -0.15) is 0 Å². The van der Waals surface area contributed by atoms with Gasteiger partial charge in [0.25, 0.3) is 0 Å². The van der Waals surface area contributed by atoms with Gasteiger partial charge in [-0.1, -0.05) is 13.0 Å². The molecule has 1 amide bonds. The minimum Gasteiger partial charge on any atom is -0.334 e. The zero-order valence-electron chi connectivity index (χ0n) is 13.0. The monoisotopic (exact) mass is 306 g/mol. The minimum atomic E-state index is 0.333. The third-order valence-corrected chi connectivity index (χ3v) is 5.53. The van der Waals surface area contributed by atoms with E-state index in [4.69, 9.17) is 0 Å². The largest absolute Gasteiger partial charge is 0.334 e. The molecule has 116 valence electrons. The van der Waals surface area contributed by atoms with Crippen LogP contribution in [-0.2, 0) is 4.79 Å². The van der Waals surface area contributed by atoms with E-state index in [-0.39, 0.29) is 0 Å². The van der Waals surface area contributed by atoms with Gasteiger partial charge < -0.3 is 4.90 Å². The van der Waals surface area contributed by atoms with E-state index in [1.807, 2.05) is 0 Å². The average molecular weight is 306 g/mol. The van der Waals surface area contributed by atoms with Gasteiger partial charge in [0.2, 0.25) is 5.91 Å². The molecule has 2 heterocycles. The summed E-state index contributed by atoms with van der Waals surface area (Å²) in [5.74, 6) is 1.19. The summed E-state index contributed by atoms with van der Waals surface area (Å²) in [5, 5.41) is 2.12. The zero-order valence-corrected chi connectivity index (χ0v) is 13.8. The van der Waals surface area contributed by atoms with Gasteiger partial charge in [0.1, 0.15) is 0 Å². The smallest absolute Gasteiger partial charge is 0.237 e. The Morgan fingerprint density at radius 1 is 1.43 bits per heavy atom. The molecule has 3 nitrogen and oxygen atoms in total. The van der Waals surface area contributed by atoms with Crippen LogP contribution in [0, 0.1) is 5.92 Å². The second-order valence-corrected chi connectivity index (χ2v) is 7.42. The van der Waals surface area contributed by atoms with Gasteiger partial charge in [-0.05, 0) is 56.0 Å². The van der Waals surface area contributed by atoms with Crippen molar-refractivity contribution in [1.82, 2.24) is 9.80 Å². The third-order valence-electron chi connectivity index (χ3n) is 4.56. The van der Waals surface area contributed by atoms with E-state index in [1.165, 1.54) is 17.7 Å². The molecule has 1 atom stereocenters. The van der Waals surface area contributed by atoms with Crippen LogP contribution in [0.25, 0.3) is 0 Å². The molecular formula is C17H26N2OS. The Labute approximate surface area is 131 Å². The maximum absolute atomic E-state index is 12.7. The topological polar surface area (TPSA) is 23.6 Å². The second-order valence-electron chi connectivity index (χ2n) is 6.44. The molecule has 1 saturated heterocycles. The number of rotatable bonds is 7. The number of hydrogen-bond acceptors (Lipinski definition) is 3. The summed E-state index contributed by atoms with van der Waals surface area (Å²) in [7, 11) is 0. The molecule has 0 aromatic carbocycles. The lowest BCUT2D eigenvalue weighted by Gasteiger charge is -2.28. The predicted molar refractivity (Wildman–Crippen MR) is 87.5 cm³/mol. The van der Waals surface area contributed by atoms with E-state index < -0.39 is 0 Å². The fourth-order valence-electron chi connectivity index (χ4n) is 3.34. The molecule has 1 aromatic rings. The molecule has 1 saturated carbocycles. The first kappa shape index (κ1) is 15.0. The van der Waals surface area contributed by atoms with E-state index in [0.717, 1.165) is 44.8 Å². The van der Waals surface area contributed by atoms with Gasteiger partial charge in [-0.3, -0.25) is 9.69 Å². The minimum absolute atomic E-state index is 0.333. The summed E-state index contributed by atoms with van der Waals surface area (Å²) in [6, 6.07) is 4.61. The van der Waals surface area contributed by atoms with Crippen LogP contribution in [0.5, 0.6) is 0 Å². The number of hydrogen-bond donors (Lipinski definition) is 0. The van der Waals surface area contributed by atoms with Crippen LogP contribution < -0.4 is 0 Å². The first-order chi connectivity index (χ1) is 10.3. The lowest BCUT2D eigenvalue weighted by molar-refractivity contribution is -0.133. The molecule has 1 aromatic heterocycles. The molecule has 1 unspecified atom stereocenters. The number of thiophene rings is 1. The van der Waals surface area contributed by atoms with Crippen LogP contribution >= 0.6 is 11.3 Å². The fourth-order valence-corrected chi connectivity index (χ4v) is 4.21. The highest BCUT2D eigenvalue weighted by atomic mass is 32.1. The number of nitrogens with zero attached hydrogens (tertiary/aromatic N) is 2. The molecule has 2 fully saturated rings. The van der Waals surface area contributed by atoms with E-state index in [0.29, 0.717) is 18.5 Å². The molecule has 1 aliphatic carbocycles. The molecule has 0 radical (unpaired) electrons. The Morgan fingerprint density at radius 3 is 2.95 bits per heavy atom. The van der Waals surface area contributed by atoms with E-state index >= 15 is 0 Å². The van der Waals surface area contributed by atoms with Gasteiger partial charge in [-0.25, -0.2) is 0 Å². The van der Waals surface area contributed by atoms with Crippen LogP contribution in [0.3, 0.4) is 0 Å². The molecule has 21 heavy (non-hydrogen) atoms. The van der Waals surface area contributed by atoms with Crippen molar-refractivity contribution in [3.63, 3.8) is 0 Å². The normalized spacial score (nSPS) is 22.2. The second kappa shape index (κ2) is 6.93. The highest BCUT2D eigenvalue weighted by molar-refractivity contribution is 7.10. The van der Waals surface area contributed by atoms with Crippen molar-refractivity contribution in [3.05, 3.63) is 22.4 Å². The van der Waals surface area contributed by atoms with Crippen molar-refractivity contribution in [2.75, 3.05) is 26.2 Å². The Morgan fingerprint density at radius 2 is 2.29 bits per heavy atom. The van der Waals surface area contributed by atoms with Crippen molar-refractivity contribution in [2.45, 2.75) is 45.1 Å².